The van der Waals surface area contributed by atoms with Crippen LogP contribution in [0.3, 0.4) is 0 Å². The second-order valence-electron chi connectivity index (χ2n) is 3.25. The molecule has 0 fully saturated rings. The lowest BCUT2D eigenvalue weighted by atomic mass is 10.3. The Morgan fingerprint density at radius 3 is 2.71 bits per heavy atom. The molecular weight excluding hydrogens is 294 g/mol. The van der Waals surface area contributed by atoms with E-state index in [1.165, 1.54) is 0 Å². The second-order valence-corrected chi connectivity index (χ2v) is 4.10. The summed E-state index contributed by atoms with van der Waals surface area (Å²) < 4.78 is 26.8. The van der Waals surface area contributed by atoms with Crippen LogP contribution in [0.5, 0.6) is 0 Å². The monoisotopic (exact) mass is 306 g/mol. The number of aliphatic imine (C=N–C) groups is 1. The summed E-state index contributed by atoms with van der Waals surface area (Å²) in [4.78, 5) is 4.02. The third kappa shape index (κ3) is 3.94. The quantitative estimate of drug-likeness (QED) is 0.264. The number of hydrogen-bond donors (Lipinski definition) is 3. The Morgan fingerprint density at radius 1 is 1.41 bits per heavy atom. The molecule has 1 aromatic rings. The van der Waals surface area contributed by atoms with Crippen molar-refractivity contribution in [3.05, 3.63) is 28.2 Å². The number of nitrogens with zero attached hydrogens (tertiary/aromatic N) is 1. The van der Waals surface area contributed by atoms with Gasteiger partial charge in [-0.25, -0.2) is 14.6 Å². The highest BCUT2D eigenvalue weighted by Gasteiger charge is 2.09. The number of anilines is 1. The number of halogens is 3. The van der Waals surface area contributed by atoms with E-state index in [4.69, 9.17) is 5.84 Å². The van der Waals surface area contributed by atoms with Gasteiger partial charge in [0.2, 0.25) is 5.96 Å². The molecule has 17 heavy (non-hydrogen) atoms. The average Bonchev–Trinajstić information content (AvgIpc) is 2.30. The molecule has 0 saturated carbocycles. The van der Waals surface area contributed by atoms with Gasteiger partial charge < -0.3 is 5.32 Å². The summed E-state index contributed by atoms with van der Waals surface area (Å²) in [6.07, 6.45) is 0.823. The van der Waals surface area contributed by atoms with Crippen molar-refractivity contribution in [1.82, 2.24) is 5.43 Å². The fraction of sp³-hybridized carbons (Fsp3) is 0.300. The molecule has 1 rings (SSSR count). The van der Waals surface area contributed by atoms with Crippen molar-refractivity contribution in [2.75, 3.05) is 11.9 Å². The molecule has 0 aliphatic rings. The molecule has 0 aliphatic carbocycles. The van der Waals surface area contributed by atoms with Crippen LogP contribution in [0.15, 0.2) is 21.6 Å². The summed E-state index contributed by atoms with van der Waals surface area (Å²) in [7, 11) is 0. The molecule has 94 valence electrons. The minimum atomic E-state index is -0.599. The van der Waals surface area contributed by atoms with Gasteiger partial charge in [0.15, 0.2) is 0 Å². The summed E-state index contributed by atoms with van der Waals surface area (Å²) in [5.74, 6) is 4.23. The first-order chi connectivity index (χ1) is 8.08. The lowest BCUT2D eigenvalue weighted by Crippen LogP contribution is -2.36. The average molecular weight is 307 g/mol. The molecule has 0 bridgehead atoms. The molecule has 0 radical (unpaired) electrons. The Morgan fingerprint density at radius 2 is 2.12 bits per heavy atom. The third-order valence-corrected chi connectivity index (χ3v) is 2.50. The zero-order valence-corrected chi connectivity index (χ0v) is 10.8. The molecule has 0 unspecified atom stereocenters. The predicted octanol–water partition coefficient (Wildman–Crippen LogP) is 2.37. The zero-order chi connectivity index (χ0) is 12.8. The molecule has 0 amide bonds. The first-order valence-corrected chi connectivity index (χ1v) is 5.80. The lowest BCUT2D eigenvalue weighted by Gasteiger charge is -2.10. The minimum Gasteiger partial charge on any atom is -0.323 e. The van der Waals surface area contributed by atoms with E-state index in [2.05, 4.69) is 31.7 Å². The van der Waals surface area contributed by atoms with Crippen molar-refractivity contribution in [3.8, 4) is 0 Å². The van der Waals surface area contributed by atoms with Crippen molar-refractivity contribution in [2.45, 2.75) is 13.3 Å². The molecule has 0 spiro atoms. The van der Waals surface area contributed by atoms with E-state index >= 15 is 0 Å². The smallest absolute Gasteiger partial charge is 0.210 e. The van der Waals surface area contributed by atoms with Crippen LogP contribution in [0.2, 0.25) is 0 Å². The number of rotatable bonds is 3. The molecule has 0 aliphatic heterocycles. The van der Waals surface area contributed by atoms with Gasteiger partial charge in [0, 0.05) is 12.6 Å². The van der Waals surface area contributed by atoms with Gasteiger partial charge in [-0.2, -0.15) is 0 Å². The third-order valence-electron chi connectivity index (χ3n) is 1.89. The van der Waals surface area contributed by atoms with Gasteiger partial charge in [0.05, 0.1) is 10.2 Å². The maximum Gasteiger partial charge on any atom is 0.210 e. The highest BCUT2D eigenvalue weighted by atomic mass is 79.9. The predicted molar refractivity (Wildman–Crippen MR) is 67.6 cm³/mol. The van der Waals surface area contributed by atoms with Crippen LogP contribution in [0, 0.1) is 11.6 Å². The maximum absolute atomic E-state index is 13.5. The summed E-state index contributed by atoms with van der Waals surface area (Å²) in [6, 6.07) is 2.06. The van der Waals surface area contributed by atoms with Gasteiger partial charge in [-0.15, -0.1) is 0 Å². The van der Waals surface area contributed by atoms with Crippen LogP contribution < -0.4 is 16.6 Å². The van der Waals surface area contributed by atoms with Crippen LogP contribution in [0.1, 0.15) is 13.3 Å². The van der Waals surface area contributed by atoms with Crippen LogP contribution in [-0.2, 0) is 0 Å². The van der Waals surface area contributed by atoms with E-state index in [0.717, 1.165) is 18.6 Å². The molecule has 4 nitrogen and oxygen atoms in total. The normalized spacial score (nSPS) is 11.5. The first kappa shape index (κ1) is 13.9. The molecule has 0 saturated heterocycles. The van der Waals surface area contributed by atoms with E-state index in [1.807, 2.05) is 6.92 Å². The van der Waals surface area contributed by atoms with Crippen molar-refractivity contribution in [3.63, 3.8) is 0 Å². The summed E-state index contributed by atoms with van der Waals surface area (Å²) in [6.45, 7) is 2.48. The van der Waals surface area contributed by atoms with Crippen LogP contribution in [0.25, 0.3) is 0 Å². The second kappa shape index (κ2) is 6.51. The molecule has 4 N–H and O–H groups in total. The number of nitrogens with two attached hydrogens (primary N) is 1. The summed E-state index contributed by atoms with van der Waals surface area (Å²) in [5.41, 5.74) is 2.26. The number of guanidine groups is 1. The Balaban J connectivity index is 2.90. The van der Waals surface area contributed by atoms with Crippen molar-refractivity contribution < 1.29 is 8.78 Å². The Hall–Kier alpha value is -1.21. The largest absolute Gasteiger partial charge is 0.323 e. The van der Waals surface area contributed by atoms with Crippen molar-refractivity contribution in [1.29, 1.82) is 0 Å². The maximum atomic E-state index is 13.5. The van der Waals surface area contributed by atoms with E-state index in [9.17, 15) is 8.78 Å². The Kier molecular flexibility index (Phi) is 5.30. The Labute approximate surface area is 106 Å². The van der Waals surface area contributed by atoms with Gasteiger partial charge in [0.25, 0.3) is 0 Å². The van der Waals surface area contributed by atoms with Crippen LogP contribution in [-0.4, -0.2) is 12.5 Å². The van der Waals surface area contributed by atoms with Crippen LogP contribution >= 0.6 is 15.9 Å². The van der Waals surface area contributed by atoms with Gasteiger partial charge in [-0.05, 0) is 28.4 Å². The number of nitrogens with one attached hydrogen (secondary N) is 2. The first-order valence-electron chi connectivity index (χ1n) is 5.01. The fourth-order valence-corrected chi connectivity index (χ4v) is 1.41. The highest BCUT2D eigenvalue weighted by molar-refractivity contribution is 9.10. The molecule has 7 heteroatoms. The number of benzene rings is 1. The van der Waals surface area contributed by atoms with E-state index in [1.54, 1.807) is 0 Å². The molecule has 0 atom stereocenters. The minimum absolute atomic E-state index is 0.0292. The number of hydrazine groups is 1. The van der Waals surface area contributed by atoms with Crippen LogP contribution in [0.4, 0.5) is 14.5 Å². The molecule has 0 aromatic heterocycles. The highest BCUT2D eigenvalue weighted by Crippen LogP contribution is 2.23. The van der Waals surface area contributed by atoms with E-state index < -0.39 is 11.6 Å². The lowest BCUT2D eigenvalue weighted by molar-refractivity contribution is 0.598. The Bertz CT molecular complexity index is 423. The summed E-state index contributed by atoms with van der Waals surface area (Å²) >= 11 is 2.89. The van der Waals surface area contributed by atoms with Gasteiger partial charge in [-0.1, -0.05) is 6.92 Å². The number of hydrogen-bond acceptors (Lipinski definition) is 2. The zero-order valence-electron chi connectivity index (χ0n) is 9.23. The fourth-order valence-electron chi connectivity index (χ4n) is 1.09. The summed E-state index contributed by atoms with van der Waals surface area (Å²) in [5, 5.41) is 2.58. The van der Waals surface area contributed by atoms with Gasteiger partial charge in [0.1, 0.15) is 11.6 Å². The van der Waals surface area contributed by atoms with E-state index in [-0.39, 0.29) is 16.1 Å². The molecular formula is C10H13BrF2N4. The van der Waals surface area contributed by atoms with Crippen molar-refractivity contribution in [2.24, 2.45) is 10.8 Å². The molecule has 0 heterocycles. The van der Waals surface area contributed by atoms with Gasteiger partial charge in [-0.3, -0.25) is 10.4 Å². The topological polar surface area (TPSA) is 62.4 Å². The van der Waals surface area contributed by atoms with Gasteiger partial charge >= 0.3 is 0 Å². The molecule has 1 aromatic carbocycles. The SMILES string of the molecule is CCCN=C(NN)Nc1cc(F)c(Br)cc1F. The van der Waals surface area contributed by atoms with Crippen molar-refractivity contribution >= 4 is 27.6 Å². The van der Waals surface area contributed by atoms with E-state index in [0.29, 0.717) is 6.54 Å². The standard InChI is InChI=1S/C10H13BrF2N4/c1-2-3-15-10(17-14)16-9-5-7(12)6(11)4-8(9)13/h4-5H,2-3,14H2,1H3,(H2,15,16,17).